The van der Waals surface area contributed by atoms with Crippen molar-refractivity contribution < 1.29 is 14.6 Å². The van der Waals surface area contributed by atoms with E-state index in [1.54, 1.807) is 25.1 Å². The summed E-state index contributed by atoms with van der Waals surface area (Å²) in [6, 6.07) is 5.01. The average molecular weight is 244 g/mol. The Morgan fingerprint density at radius 3 is 2.81 bits per heavy atom. The molecular formula is C11H14ClNO3. The Morgan fingerprint density at radius 2 is 2.25 bits per heavy atom. The van der Waals surface area contributed by atoms with Gasteiger partial charge in [-0.05, 0) is 19.1 Å². The minimum Gasteiger partial charge on any atom is -0.496 e. The predicted molar refractivity (Wildman–Crippen MR) is 62.3 cm³/mol. The zero-order valence-corrected chi connectivity index (χ0v) is 9.91. The van der Waals surface area contributed by atoms with E-state index in [-0.39, 0.29) is 5.90 Å². The molecule has 0 radical (unpaired) electrons. The summed E-state index contributed by atoms with van der Waals surface area (Å²) >= 11 is 5.96. The number of ether oxygens (including phenoxy) is 2. The lowest BCUT2D eigenvalue weighted by atomic mass is 10.1. The summed E-state index contributed by atoms with van der Waals surface area (Å²) in [6.45, 7) is 2.06. The summed E-state index contributed by atoms with van der Waals surface area (Å²) in [6.07, 6.45) is -1.21. The van der Waals surface area contributed by atoms with Crippen molar-refractivity contribution in [2.45, 2.75) is 13.0 Å². The first-order valence-electron chi connectivity index (χ1n) is 4.83. The predicted octanol–water partition coefficient (Wildman–Crippen LogP) is 2.40. The fourth-order valence-corrected chi connectivity index (χ4v) is 1.60. The van der Waals surface area contributed by atoms with Crippen molar-refractivity contribution in [3.63, 3.8) is 0 Å². The van der Waals surface area contributed by atoms with E-state index in [0.29, 0.717) is 22.9 Å². The van der Waals surface area contributed by atoms with Gasteiger partial charge in [0.25, 0.3) is 0 Å². The second-order valence-corrected chi connectivity index (χ2v) is 3.46. The molecule has 0 spiro atoms. The van der Waals surface area contributed by atoms with Crippen molar-refractivity contribution in [3.05, 3.63) is 28.8 Å². The van der Waals surface area contributed by atoms with E-state index in [1.165, 1.54) is 7.11 Å². The molecule has 0 aromatic heterocycles. The third-order valence-corrected chi connectivity index (χ3v) is 2.38. The van der Waals surface area contributed by atoms with Crippen LogP contribution in [0.4, 0.5) is 0 Å². The molecule has 1 aromatic carbocycles. The standard InChI is InChI=1S/C11H14ClNO3/c1-3-16-11(13)10(14)9-7(12)5-4-6-8(9)15-2/h4-6,10,13-14H,3H2,1-2H3/t10-/m0/s1. The maximum absolute atomic E-state index is 9.90. The fourth-order valence-electron chi connectivity index (χ4n) is 1.33. The van der Waals surface area contributed by atoms with E-state index in [9.17, 15) is 5.11 Å². The van der Waals surface area contributed by atoms with Crippen LogP contribution in [0.2, 0.25) is 5.02 Å². The molecule has 0 aliphatic carbocycles. The molecule has 1 aromatic rings. The van der Waals surface area contributed by atoms with Gasteiger partial charge in [-0.3, -0.25) is 5.41 Å². The van der Waals surface area contributed by atoms with Crippen LogP contribution in [0.5, 0.6) is 5.75 Å². The van der Waals surface area contributed by atoms with Gasteiger partial charge in [-0.25, -0.2) is 0 Å². The van der Waals surface area contributed by atoms with Gasteiger partial charge in [0, 0.05) is 0 Å². The van der Waals surface area contributed by atoms with Crippen molar-refractivity contribution in [1.29, 1.82) is 5.41 Å². The molecule has 0 aliphatic rings. The topological polar surface area (TPSA) is 62.5 Å². The second-order valence-electron chi connectivity index (χ2n) is 3.06. The number of aliphatic hydroxyl groups excluding tert-OH is 1. The van der Waals surface area contributed by atoms with Gasteiger partial charge >= 0.3 is 0 Å². The summed E-state index contributed by atoms with van der Waals surface area (Å²) < 4.78 is 10.0. The molecule has 16 heavy (non-hydrogen) atoms. The van der Waals surface area contributed by atoms with Crippen molar-refractivity contribution in [1.82, 2.24) is 0 Å². The van der Waals surface area contributed by atoms with Crippen LogP contribution >= 0.6 is 11.6 Å². The van der Waals surface area contributed by atoms with Crippen LogP contribution in [-0.4, -0.2) is 24.7 Å². The van der Waals surface area contributed by atoms with Gasteiger partial charge in [-0.1, -0.05) is 17.7 Å². The lowest BCUT2D eigenvalue weighted by Crippen LogP contribution is -2.15. The lowest BCUT2D eigenvalue weighted by Gasteiger charge is -2.16. The summed E-state index contributed by atoms with van der Waals surface area (Å²) in [4.78, 5) is 0. The first-order chi connectivity index (χ1) is 7.61. The molecule has 0 bridgehead atoms. The van der Waals surface area contributed by atoms with Crippen molar-refractivity contribution in [3.8, 4) is 5.75 Å². The minimum atomic E-state index is -1.21. The number of methoxy groups -OCH3 is 1. The Bertz CT molecular complexity index is 381. The molecule has 2 N–H and O–H groups in total. The summed E-state index contributed by atoms with van der Waals surface area (Å²) in [5.74, 6) is 0.193. The highest BCUT2D eigenvalue weighted by Gasteiger charge is 2.22. The van der Waals surface area contributed by atoms with E-state index in [2.05, 4.69) is 0 Å². The van der Waals surface area contributed by atoms with Gasteiger partial charge in [0.1, 0.15) is 5.75 Å². The summed E-state index contributed by atoms with van der Waals surface area (Å²) in [7, 11) is 1.48. The first-order valence-corrected chi connectivity index (χ1v) is 5.21. The van der Waals surface area contributed by atoms with Crippen molar-refractivity contribution >= 4 is 17.5 Å². The third-order valence-electron chi connectivity index (χ3n) is 2.05. The molecule has 0 aliphatic heterocycles. The molecule has 1 atom stereocenters. The Morgan fingerprint density at radius 1 is 1.56 bits per heavy atom. The molecule has 0 fully saturated rings. The van der Waals surface area contributed by atoms with Crippen LogP contribution in [0.15, 0.2) is 18.2 Å². The van der Waals surface area contributed by atoms with Gasteiger partial charge in [0.2, 0.25) is 5.90 Å². The monoisotopic (exact) mass is 243 g/mol. The van der Waals surface area contributed by atoms with Crippen LogP contribution in [0.1, 0.15) is 18.6 Å². The molecule has 0 unspecified atom stereocenters. The van der Waals surface area contributed by atoms with E-state index < -0.39 is 6.10 Å². The molecule has 0 saturated heterocycles. The van der Waals surface area contributed by atoms with Crippen LogP contribution in [0, 0.1) is 5.41 Å². The van der Waals surface area contributed by atoms with Crippen molar-refractivity contribution in [2.24, 2.45) is 0 Å². The summed E-state index contributed by atoms with van der Waals surface area (Å²) in [5.41, 5.74) is 0.352. The fraction of sp³-hybridized carbons (Fsp3) is 0.364. The zero-order valence-electron chi connectivity index (χ0n) is 9.16. The molecule has 0 heterocycles. The normalized spacial score (nSPS) is 12.0. The van der Waals surface area contributed by atoms with Crippen LogP contribution < -0.4 is 4.74 Å². The molecule has 0 saturated carbocycles. The van der Waals surface area contributed by atoms with E-state index >= 15 is 0 Å². The van der Waals surface area contributed by atoms with Gasteiger partial charge in [-0.2, -0.15) is 0 Å². The van der Waals surface area contributed by atoms with E-state index in [4.69, 9.17) is 26.5 Å². The summed E-state index contributed by atoms with van der Waals surface area (Å²) in [5, 5.41) is 17.8. The maximum atomic E-state index is 9.90. The Hall–Kier alpha value is -1.26. The van der Waals surface area contributed by atoms with Crippen LogP contribution in [-0.2, 0) is 4.74 Å². The number of hydrogen-bond acceptors (Lipinski definition) is 4. The number of nitrogens with one attached hydrogen (secondary N) is 1. The molecule has 0 amide bonds. The number of aliphatic hydroxyl groups is 1. The molecule has 5 heteroatoms. The van der Waals surface area contributed by atoms with E-state index in [0.717, 1.165) is 0 Å². The smallest absolute Gasteiger partial charge is 0.215 e. The minimum absolute atomic E-state index is 0.242. The zero-order chi connectivity index (χ0) is 12.1. The van der Waals surface area contributed by atoms with Gasteiger partial charge in [0.15, 0.2) is 6.10 Å². The van der Waals surface area contributed by atoms with Gasteiger partial charge in [-0.15, -0.1) is 0 Å². The van der Waals surface area contributed by atoms with Crippen LogP contribution in [0.3, 0.4) is 0 Å². The highest BCUT2D eigenvalue weighted by atomic mass is 35.5. The highest BCUT2D eigenvalue weighted by molar-refractivity contribution is 6.31. The molecule has 4 nitrogen and oxygen atoms in total. The number of halogens is 1. The number of benzene rings is 1. The maximum Gasteiger partial charge on any atom is 0.215 e. The van der Waals surface area contributed by atoms with Gasteiger partial charge in [0.05, 0.1) is 24.3 Å². The Balaban J connectivity index is 3.06. The largest absolute Gasteiger partial charge is 0.496 e. The highest BCUT2D eigenvalue weighted by Crippen LogP contribution is 2.32. The average Bonchev–Trinajstić information content (AvgIpc) is 2.28. The van der Waals surface area contributed by atoms with Crippen LogP contribution in [0.25, 0.3) is 0 Å². The number of rotatable bonds is 4. The Kier molecular flexibility index (Phi) is 4.58. The SMILES string of the molecule is CCOC(=N)[C@@H](O)c1c(Cl)cccc1OC. The van der Waals surface area contributed by atoms with E-state index in [1.807, 2.05) is 0 Å². The lowest BCUT2D eigenvalue weighted by molar-refractivity contribution is 0.187. The second kappa shape index (κ2) is 5.72. The third kappa shape index (κ3) is 2.65. The first kappa shape index (κ1) is 12.8. The quantitative estimate of drug-likeness (QED) is 0.631. The van der Waals surface area contributed by atoms with Gasteiger partial charge < -0.3 is 14.6 Å². The molecular weight excluding hydrogens is 230 g/mol. The molecule has 1 rings (SSSR count). The number of hydrogen-bond donors (Lipinski definition) is 2. The van der Waals surface area contributed by atoms with Crippen molar-refractivity contribution in [2.75, 3.05) is 13.7 Å². The Labute approximate surface area is 99.3 Å². The molecule has 88 valence electrons.